The Morgan fingerprint density at radius 1 is 1.28 bits per heavy atom. The zero-order valence-electron chi connectivity index (χ0n) is 10.0. The van der Waals surface area contributed by atoms with Gasteiger partial charge >= 0.3 is 0 Å². The van der Waals surface area contributed by atoms with Crippen molar-refractivity contribution in [2.75, 3.05) is 18.9 Å². The minimum absolute atomic E-state index is 0.681. The van der Waals surface area contributed by atoms with Crippen LogP contribution in [-0.2, 0) is 13.1 Å². The molecular weight excluding hydrogens is 246 g/mol. The highest BCUT2D eigenvalue weighted by Crippen LogP contribution is 2.28. The van der Waals surface area contributed by atoms with E-state index in [2.05, 4.69) is 9.88 Å². The van der Waals surface area contributed by atoms with Gasteiger partial charge in [-0.2, -0.15) is 0 Å². The van der Waals surface area contributed by atoms with Crippen LogP contribution in [-0.4, -0.2) is 23.0 Å². The Balaban J connectivity index is 1.47. The number of ether oxygens (including phenoxy) is 1. The summed E-state index contributed by atoms with van der Waals surface area (Å²) in [6.07, 6.45) is 0. The lowest BCUT2D eigenvalue weighted by molar-refractivity contribution is 0.211. The first-order valence-corrected chi connectivity index (χ1v) is 6.77. The molecule has 0 unspecified atom stereocenters. The predicted molar refractivity (Wildman–Crippen MR) is 72.6 cm³/mol. The maximum atomic E-state index is 5.68. The average Bonchev–Trinajstić information content (AvgIpc) is 2.87. The summed E-state index contributed by atoms with van der Waals surface area (Å²) < 4.78 is 5.68. The van der Waals surface area contributed by atoms with Crippen LogP contribution in [0, 0.1) is 0 Å². The van der Waals surface area contributed by atoms with Crippen molar-refractivity contribution < 1.29 is 4.74 Å². The van der Waals surface area contributed by atoms with E-state index in [9.17, 15) is 0 Å². The molecule has 2 heterocycles. The third-order valence-corrected chi connectivity index (χ3v) is 3.87. The van der Waals surface area contributed by atoms with E-state index in [1.54, 1.807) is 11.3 Å². The SMILES string of the molecule is Nc1nc2c(s1)CN(CCOc1ccccc1)C2. The topological polar surface area (TPSA) is 51.4 Å². The highest BCUT2D eigenvalue weighted by molar-refractivity contribution is 7.15. The Morgan fingerprint density at radius 3 is 2.89 bits per heavy atom. The highest BCUT2D eigenvalue weighted by Gasteiger charge is 2.22. The number of fused-ring (bicyclic) bond motifs is 1. The van der Waals surface area contributed by atoms with Crippen LogP contribution in [0.15, 0.2) is 30.3 Å². The van der Waals surface area contributed by atoms with Crippen LogP contribution < -0.4 is 10.5 Å². The van der Waals surface area contributed by atoms with E-state index in [-0.39, 0.29) is 0 Å². The Morgan fingerprint density at radius 2 is 2.11 bits per heavy atom. The molecule has 1 aromatic heterocycles. The molecule has 4 nitrogen and oxygen atoms in total. The van der Waals surface area contributed by atoms with Crippen LogP contribution in [0.4, 0.5) is 5.13 Å². The number of anilines is 1. The average molecular weight is 261 g/mol. The molecule has 0 atom stereocenters. The maximum absolute atomic E-state index is 5.68. The molecule has 1 aliphatic rings. The number of hydrogen-bond acceptors (Lipinski definition) is 5. The molecule has 0 amide bonds. The van der Waals surface area contributed by atoms with Crippen molar-refractivity contribution in [3.8, 4) is 5.75 Å². The fourth-order valence-corrected chi connectivity index (χ4v) is 2.97. The van der Waals surface area contributed by atoms with E-state index in [4.69, 9.17) is 10.5 Å². The first kappa shape index (κ1) is 11.5. The summed E-state index contributed by atoms with van der Waals surface area (Å²) in [5, 5.41) is 0.681. The van der Waals surface area contributed by atoms with Gasteiger partial charge in [-0.3, -0.25) is 4.90 Å². The van der Waals surface area contributed by atoms with Crippen molar-refractivity contribution in [3.05, 3.63) is 40.9 Å². The molecule has 0 aliphatic carbocycles. The minimum Gasteiger partial charge on any atom is -0.492 e. The van der Waals surface area contributed by atoms with E-state index in [0.717, 1.165) is 31.1 Å². The van der Waals surface area contributed by atoms with Crippen LogP contribution in [0.2, 0.25) is 0 Å². The monoisotopic (exact) mass is 261 g/mol. The summed E-state index contributed by atoms with van der Waals surface area (Å²) in [5.41, 5.74) is 6.81. The number of aromatic nitrogens is 1. The molecule has 0 fully saturated rings. The minimum atomic E-state index is 0.681. The Bertz CT molecular complexity index is 503. The third-order valence-electron chi connectivity index (χ3n) is 2.95. The number of nitrogen functional groups attached to an aromatic ring is 1. The summed E-state index contributed by atoms with van der Waals surface area (Å²) in [4.78, 5) is 7.95. The lowest BCUT2D eigenvalue weighted by Crippen LogP contribution is -2.23. The predicted octanol–water partition coefficient (Wildman–Crippen LogP) is 2.12. The molecular formula is C13H15N3OS. The summed E-state index contributed by atoms with van der Waals surface area (Å²) in [6, 6.07) is 9.90. The number of hydrogen-bond donors (Lipinski definition) is 1. The first-order valence-electron chi connectivity index (χ1n) is 5.95. The van der Waals surface area contributed by atoms with E-state index in [1.165, 1.54) is 4.88 Å². The largest absolute Gasteiger partial charge is 0.492 e. The molecule has 2 N–H and O–H groups in total. The van der Waals surface area contributed by atoms with Crippen molar-refractivity contribution in [3.63, 3.8) is 0 Å². The second kappa shape index (κ2) is 4.96. The molecule has 3 rings (SSSR count). The molecule has 18 heavy (non-hydrogen) atoms. The Kier molecular flexibility index (Phi) is 3.17. The van der Waals surface area contributed by atoms with Gasteiger partial charge in [-0.1, -0.05) is 18.2 Å². The lowest BCUT2D eigenvalue weighted by Gasteiger charge is -2.15. The van der Waals surface area contributed by atoms with E-state index >= 15 is 0 Å². The van der Waals surface area contributed by atoms with Gasteiger partial charge in [0.1, 0.15) is 12.4 Å². The molecule has 0 saturated carbocycles. The van der Waals surface area contributed by atoms with Crippen LogP contribution in [0.1, 0.15) is 10.6 Å². The van der Waals surface area contributed by atoms with Crippen molar-refractivity contribution in [1.29, 1.82) is 0 Å². The maximum Gasteiger partial charge on any atom is 0.180 e. The molecule has 0 spiro atoms. The van der Waals surface area contributed by atoms with Gasteiger partial charge < -0.3 is 10.5 Å². The molecule has 0 saturated heterocycles. The molecule has 94 valence electrons. The van der Waals surface area contributed by atoms with Crippen LogP contribution in [0.5, 0.6) is 5.75 Å². The summed E-state index contributed by atoms with van der Waals surface area (Å²) in [5.74, 6) is 0.925. The number of para-hydroxylation sites is 1. The second-order valence-electron chi connectivity index (χ2n) is 4.29. The van der Waals surface area contributed by atoms with Gasteiger partial charge in [0, 0.05) is 24.5 Å². The van der Waals surface area contributed by atoms with E-state index in [0.29, 0.717) is 11.7 Å². The van der Waals surface area contributed by atoms with Gasteiger partial charge in [0.2, 0.25) is 0 Å². The van der Waals surface area contributed by atoms with Gasteiger partial charge in [0.05, 0.1) is 5.69 Å². The molecule has 0 radical (unpaired) electrons. The van der Waals surface area contributed by atoms with Crippen molar-refractivity contribution in [2.45, 2.75) is 13.1 Å². The molecule has 5 heteroatoms. The number of nitrogens with two attached hydrogens (primary N) is 1. The van der Waals surface area contributed by atoms with Crippen molar-refractivity contribution >= 4 is 16.5 Å². The van der Waals surface area contributed by atoms with E-state index < -0.39 is 0 Å². The normalized spacial score (nSPS) is 14.7. The summed E-state index contributed by atoms with van der Waals surface area (Å²) in [7, 11) is 0. The van der Waals surface area contributed by atoms with Gasteiger partial charge in [0.25, 0.3) is 0 Å². The van der Waals surface area contributed by atoms with Crippen molar-refractivity contribution in [1.82, 2.24) is 9.88 Å². The fraction of sp³-hybridized carbons (Fsp3) is 0.308. The van der Waals surface area contributed by atoms with Crippen LogP contribution in [0.25, 0.3) is 0 Å². The van der Waals surface area contributed by atoms with Crippen LogP contribution in [0.3, 0.4) is 0 Å². The number of thiazole rings is 1. The van der Waals surface area contributed by atoms with Crippen LogP contribution >= 0.6 is 11.3 Å². The second-order valence-corrected chi connectivity index (χ2v) is 5.41. The van der Waals surface area contributed by atoms with Gasteiger partial charge in [-0.25, -0.2) is 4.98 Å². The fourth-order valence-electron chi connectivity index (χ4n) is 2.09. The quantitative estimate of drug-likeness (QED) is 0.916. The Hall–Kier alpha value is -1.59. The zero-order chi connectivity index (χ0) is 12.4. The summed E-state index contributed by atoms with van der Waals surface area (Å²) >= 11 is 1.59. The first-order chi connectivity index (χ1) is 8.81. The molecule has 2 aromatic rings. The standard InChI is InChI=1S/C13H15N3OS/c14-13-15-11-8-16(9-12(11)18-13)6-7-17-10-4-2-1-3-5-10/h1-5H,6-9H2,(H2,14,15). The van der Waals surface area contributed by atoms with Gasteiger partial charge in [-0.15, -0.1) is 11.3 Å². The molecule has 1 aromatic carbocycles. The number of nitrogens with zero attached hydrogens (tertiary/aromatic N) is 2. The lowest BCUT2D eigenvalue weighted by atomic mass is 10.3. The molecule has 0 bridgehead atoms. The highest BCUT2D eigenvalue weighted by atomic mass is 32.1. The Labute approximate surface area is 110 Å². The zero-order valence-corrected chi connectivity index (χ0v) is 10.8. The third kappa shape index (κ3) is 2.47. The smallest absolute Gasteiger partial charge is 0.180 e. The van der Waals surface area contributed by atoms with Gasteiger partial charge in [-0.05, 0) is 12.1 Å². The van der Waals surface area contributed by atoms with Gasteiger partial charge in [0.15, 0.2) is 5.13 Å². The number of benzene rings is 1. The number of rotatable bonds is 4. The molecule has 1 aliphatic heterocycles. The summed E-state index contributed by atoms with van der Waals surface area (Å²) in [6.45, 7) is 3.45. The van der Waals surface area contributed by atoms with E-state index in [1.807, 2.05) is 30.3 Å². The van der Waals surface area contributed by atoms with Crippen molar-refractivity contribution in [2.24, 2.45) is 0 Å².